The van der Waals surface area contributed by atoms with Gasteiger partial charge in [0.1, 0.15) is 12.4 Å². The topological polar surface area (TPSA) is 115 Å². The number of aryl methyl sites for hydroxylation is 1. The molecule has 0 saturated carbocycles. The fourth-order valence-electron chi connectivity index (χ4n) is 7.66. The van der Waals surface area contributed by atoms with Crippen LogP contribution < -0.4 is 15.4 Å². The molecule has 2 saturated heterocycles. The van der Waals surface area contributed by atoms with Gasteiger partial charge in [0.25, 0.3) is 5.91 Å². The number of fused-ring (bicyclic) bond motifs is 3. The normalized spacial score (nSPS) is 22.9. The fraction of sp³-hybridized carbons (Fsp3) is 0.515. The monoisotopic (exact) mass is 756 g/mol. The zero-order chi connectivity index (χ0) is 36.4. The maximum atomic E-state index is 15.5. The minimum Gasteiger partial charge on any atom is -0.461 e. The Labute approximate surface area is 300 Å². The van der Waals surface area contributed by atoms with E-state index in [1.54, 1.807) is 18.8 Å². The van der Waals surface area contributed by atoms with Gasteiger partial charge in [0.15, 0.2) is 11.5 Å². The summed E-state index contributed by atoms with van der Waals surface area (Å²) in [5.41, 5.74) is 4.68. The van der Waals surface area contributed by atoms with Gasteiger partial charge < -0.3 is 25.0 Å². The van der Waals surface area contributed by atoms with Crippen LogP contribution in [0, 0.1) is 5.82 Å². The SMILES string of the molecule is CN(C)C(=O)c1nn2c(c1Cl)CN(c1nc(OC[C@@]34CCCN3C/C(=C\F)C4)nc3c1CO[C@H](c1c(F)c(N)cc(Cl)c1C(F)(F)F)C3)CCC2. The van der Waals surface area contributed by atoms with E-state index in [-0.39, 0.29) is 48.8 Å². The summed E-state index contributed by atoms with van der Waals surface area (Å²) in [7, 11) is 3.20. The van der Waals surface area contributed by atoms with Crippen LogP contribution in [0.3, 0.4) is 0 Å². The summed E-state index contributed by atoms with van der Waals surface area (Å²) < 4.78 is 85.8. The first-order chi connectivity index (χ1) is 24.2. The van der Waals surface area contributed by atoms with E-state index in [1.165, 1.54) is 4.90 Å². The first-order valence-electron chi connectivity index (χ1n) is 16.4. The number of rotatable bonds is 6. The number of alkyl halides is 3. The summed E-state index contributed by atoms with van der Waals surface area (Å²) in [6.07, 6.45) is -3.34. The van der Waals surface area contributed by atoms with Gasteiger partial charge in [-0.05, 0) is 43.9 Å². The Morgan fingerprint density at radius 3 is 2.71 bits per heavy atom. The third-order valence-electron chi connectivity index (χ3n) is 10.1. The largest absolute Gasteiger partial charge is 0.461 e. The van der Waals surface area contributed by atoms with E-state index < -0.39 is 45.5 Å². The molecule has 0 radical (unpaired) electrons. The van der Waals surface area contributed by atoms with Gasteiger partial charge in [-0.15, -0.1) is 0 Å². The van der Waals surface area contributed by atoms with Crippen LogP contribution in [-0.2, 0) is 37.0 Å². The molecule has 0 unspecified atom stereocenters. The van der Waals surface area contributed by atoms with Crippen molar-refractivity contribution < 1.29 is 36.2 Å². The number of carbonyl (C=O) groups excluding carboxylic acids is 1. The Morgan fingerprint density at radius 1 is 1.20 bits per heavy atom. The van der Waals surface area contributed by atoms with E-state index in [0.717, 1.165) is 25.5 Å². The summed E-state index contributed by atoms with van der Waals surface area (Å²) in [4.78, 5) is 27.7. The molecule has 274 valence electrons. The highest BCUT2D eigenvalue weighted by atomic mass is 35.5. The molecule has 3 aromatic rings. The van der Waals surface area contributed by atoms with Crippen LogP contribution in [0.4, 0.5) is 33.5 Å². The number of halogens is 7. The molecular weight excluding hydrogens is 722 g/mol. The van der Waals surface area contributed by atoms with Gasteiger partial charge in [0, 0.05) is 51.3 Å². The zero-order valence-corrected chi connectivity index (χ0v) is 29.3. The number of hydrogen-bond acceptors (Lipinski definition) is 9. The van der Waals surface area contributed by atoms with Gasteiger partial charge in [0.05, 0.1) is 63.8 Å². The molecule has 2 aromatic heterocycles. The summed E-state index contributed by atoms with van der Waals surface area (Å²) in [6, 6.07) is 0.690. The second-order valence-corrected chi connectivity index (χ2v) is 14.4. The smallest absolute Gasteiger partial charge is 0.418 e. The van der Waals surface area contributed by atoms with Crippen LogP contribution in [-0.4, -0.2) is 81.3 Å². The highest BCUT2D eigenvalue weighted by Crippen LogP contribution is 2.47. The Bertz CT molecular complexity index is 1920. The number of nitrogens with zero attached hydrogens (tertiary/aromatic N) is 7. The second kappa shape index (κ2) is 13.4. The second-order valence-electron chi connectivity index (χ2n) is 13.6. The molecule has 1 amide bonds. The Kier molecular flexibility index (Phi) is 9.34. The molecule has 2 N–H and O–H groups in total. The predicted molar refractivity (Wildman–Crippen MR) is 178 cm³/mol. The van der Waals surface area contributed by atoms with Gasteiger partial charge in [-0.25, -0.2) is 8.78 Å². The van der Waals surface area contributed by atoms with Crippen molar-refractivity contribution in [2.75, 3.05) is 51.0 Å². The maximum absolute atomic E-state index is 15.5. The molecule has 4 aliphatic rings. The average Bonchev–Trinajstić information content (AvgIpc) is 3.67. The molecule has 7 rings (SSSR count). The number of carbonyl (C=O) groups is 1. The minimum atomic E-state index is -5.00. The number of nitrogen functional groups attached to an aromatic ring is 1. The van der Waals surface area contributed by atoms with Crippen LogP contribution in [0.15, 0.2) is 18.0 Å². The van der Waals surface area contributed by atoms with E-state index in [2.05, 4.69) is 15.0 Å². The van der Waals surface area contributed by atoms with Crippen molar-refractivity contribution in [3.05, 3.63) is 67.6 Å². The van der Waals surface area contributed by atoms with Crippen LogP contribution in [0.5, 0.6) is 6.01 Å². The van der Waals surface area contributed by atoms with Crippen LogP contribution in [0.25, 0.3) is 0 Å². The van der Waals surface area contributed by atoms with E-state index >= 15 is 4.39 Å². The van der Waals surface area contributed by atoms with Crippen molar-refractivity contribution >= 4 is 40.6 Å². The molecule has 0 spiro atoms. The zero-order valence-electron chi connectivity index (χ0n) is 27.8. The fourth-order valence-corrected chi connectivity index (χ4v) is 8.26. The molecular formula is C33H35Cl2F5N8O3. The summed E-state index contributed by atoms with van der Waals surface area (Å²) in [6.45, 7) is 2.25. The first-order valence-corrected chi connectivity index (χ1v) is 17.2. The molecule has 2 fully saturated rings. The molecule has 0 bridgehead atoms. The van der Waals surface area contributed by atoms with Gasteiger partial charge in [-0.3, -0.25) is 14.4 Å². The molecule has 4 aliphatic heterocycles. The maximum Gasteiger partial charge on any atom is 0.418 e. The number of hydrogen-bond donors (Lipinski definition) is 1. The van der Waals surface area contributed by atoms with Crippen molar-refractivity contribution in [3.63, 3.8) is 0 Å². The Balaban J connectivity index is 1.28. The van der Waals surface area contributed by atoms with Crippen molar-refractivity contribution in [1.82, 2.24) is 29.5 Å². The lowest BCUT2D eigenvalue weighted by molar-refractivity contribution is -0.140. The van der Waals surface area contributed by atoms with Crippen molar-refractivity contribution in [1.29, 1.82) is 0 Å². The van der Waals surface area contributed by atoms with Crippen LogP contribution >= 0.6 is 23.2 Å². The van der Waals surface area contributed by atoms with Crippen molar-refractivity contribution in [2.45, 2.75) is 69.6 Å². The molecule has 51 heavy (non-hydrogen) atoms. The quantitative estimate of drug-likeness (QED) is 0.235. The first kappa shape index (κ1) is 35.7. The van der Waals surface area contributed by atoms with Crippen molar-refractivity contribution in [2.24, 2.45) is 0 Å². The number of aromatic nitrogens is 4. The number of anilines is 2. The predicted octanol–water partition coefficient (Wildman–Crippen LogP) is 6.12. The van der Waals surface area contributed by atoms with E-state index in [9.17, 15) is 22.4 Å². The molecule has 18 heteroatoms. The standard InChI is InChI=1S/C33H35Cl2F5N8O3/c1-45(2)30(49)28-26(35)22-14-46(6-4-8-48(22)44-28)29-18-15-50-23(24-25(33(38,39)40)19(34)9-20(41)27(24)37)10-21(18)42-31(43-29)51-16-32-5-3-7-47(32)13-17(11-32)12-36/h9,12,23H,3-8,10-11,13-16,41H2,1-2H3/b17-12-/t23-,32-/m0/s1. The molecule has 1 aromatic carbocycles. The lowest BCUT2D eigenvalue weighted by atomic mass is 9.93. The highest BCUT2D eigenvalue weighted by Gasteiger charge is 2.48. The highest BCUT2D eigenvalue weighted by molar-refractivity contribution is 6.34. The van der Waals surface area contributed by atoms with E-state index in [0.29, 0.717) is 67.1 Å². The molecule has 2 atom stereocenters. The summed E-state index contributed by atoms with van der Waals surface area (Å²) in [5, 5.41) is 3.93. The molecule has 6 heterocycles. The lowest BCUT2D eigenvalue weighted by Gasteiger charge is -2.33. The summed E-state index contributed by atoms with van der Waals surface area (Å²) in [5.74, 6) is -1.24. The van der Waals surface area contributed by atoms with Crippen LogP contribution in [0.1, 0.15) is 70.4 Å². The molecule has 11 nitrogen and oxygen atoms in total. The number of amides is 1. The number of benzene rings is 1. The van der Waals surface area contributed by atoms with Crippen molar-refractivity contribution in [3.8, 4) is 6.01 Å². The third-order valence-corrected chi connectivity index (χ3v) is 10.8. The van der Waals surface area contributed by atoms with Gasteiger partial charge in [-0.2, -0.15) is 28.2 Å². The Morgan fingerprint density at radius 2 is 1.98 bits per heavy atom. The number of nitrogens with two attached hydrogens (primary N) is 1. The molecule has 0 aliphatic carbocycles. The lowest BCUT2D eigenvalue weighted by Crippen LogP contribution is -2.43. The van der Waals surface area contributed by atoms with E-state index in [4.69, 9.17) is 43.4 Å². The van der Waals surface area contributed by atoms with Gasteiger partial charge >= 0.3 is 12.2 Å². The van der Waals surface area contributed by atoms with E-state index in [1.807, 2.05) is 4.90 Å². The van der Waals surface area contributed by atoms with Crippen LogP contribution in [0.2, 0.25) is 10.0 Å². The van der Waals surface area contributed by atoms with Gasteiger partial charge in [0.2, 0.25) is 0 Å². The average molecular weight is 758 g/mol. The minimum absolute atomic E-state index is 0.0437. The Hall–Kier alpha value is -3.73. The van der Waals surface area contributed by atoms with Gasteiger partial charge in [-0.1, -0.05) is 23.2 Å². The summed E-state index contributed by atoms with van der Waals surface area (Å²) >= 11 is 12.7. The number of ether oxygens (including phenoxy) is 2. The third kappa shape index (κ3) is 6.37.